The monoisotopic (exact) mass is 489 g/mol. The molecule has 1 aliphatic heterocycles. The third-order valence-electron chi connectivity index (χ3n) is 2.87. The highest BCUT2D eigenvalue weighted by Crippen LogP contribution is 2.66. The molecular formula is C7H11BN7O12P3. The molecule has 23 heteroatoms. The van der Waals surface area contributed by atoms with E-state index in [0.717, 1.165) is 0 Å². The van der Waals surface area contributed by atoms with Crippen molar-refractivity contribution >= 4 is 31.3 Å². The van der Waals surface area contributed by atoms with Gasteiger partial charge in [-0.05, 0) is 27.7 Å². The predicted molar refractivity (Wildman–Crippen MR) is 90.4 cm³/mol. The fourth-order valence-electron chi connectivity index (χ4n) is 1.96. The Hall–Kier alpha value is -1.50. The van der Waals surface area contributed by atoms with Crippen LogP contribution in [0.25, 0.3) is 20.9 Å². The van der Waals surface area contributed by atoms with Crippen LogP contribution in [-0.2, 0) is 36.3 Å². The smallest absolute Gasteiger partial charge is 0.380 e. The van der Waals surface area contributed by atoms with Gasteiger partial charge in [0.1, 0.15) is 20.0 Å². The number of rotatable bonds is 11. The quantitative estimate of drug-likeness (QED) is 0.103. The van der Waals surface area contributed by atoms with Crippen molar-refractivity contribution in [1.29, 1.82) is 5.26 Å². The van der Waals surface area contributed by atoms with Gasteiger partial charge in [-0.1, -0.05) is 0 Å². The number of nitriles is 1. The van der Waals surface area contributed by atoms with Crippen LogP contribution in [-0.4, -0.2) is 58.1 Å². The van der Waals surface area contributed by atoms with Crippen LogP contribution in [0.3, 0.4) is 0 Å². The first-order valence-electron chi connectivity index (χ1n) is 7.07. The molecule has 1 fully saturated rings. The van der Waals surface area contributed by atoms with Crippen LogP contribution in [0.4, 0.5) is 0 Å². The van der Waals surface area contributed by atoms with Crippen molar-refractivity contribution in [2.75, 3.05) is 6.61 Å². The Bertz CT molecular complexity index is 906. The van der Waals surface area contributed by atoms with Gasteiger partial charge in [0.05, 0.1) is 12.7 Å². The fraction of sp³-hybridized carbons (Fsp3) is 0.857. The number of nitrogens with zero attached hydrogens (tertiary/aromatic N) is 7. The van der Waals surface area contributed by atoms with Gasteiger partial charge in [-0.2, -0.15) is 13.9 Å². The highest BCUT2D eigenvalue weighted by molar-refractivity contribution is 7.66. The summed E-state index contributed by atoms with van der Waals surface area (Å²) >= 11 is 0. The Balaban J connectivity index is 2.90. The first-order valence-corrected chi connectivity index (χ1v) is 11.6. The Kier molecular flexibility index (Phi) is 9.03. The van der Waals surface area contributed by atoms with E-state index in [1.807, 2.05) is 0 Å². The highest BCUT2D eigenvalue weighted by Gasteiger charge is 2.44. The van der Waals surface area contributed by atoms with Crippen molar-refractivity contribution in [2.24, 2.45) is 10.2 Å². The number of azide groups is 1. The van der Waals surface area contributed by atoms with Crippen molar-refractivity contribution in [3.63, 3.8) is 0 Å². The lowest BCUT2D eigenvalue weighted by Crippen LogP contribution is -2.37. The van der Waals surface area contributed by atoms with Gasteiger partial charge in [-0.3, -0.25) is 4.52 Å². The van der Waals surface area contributed by atoms with E-state index in [1.54, 1.807) is 0 Å². The average molecular weight is 489 g/mol. The molecule has 0 bridgehead atoms. The molecule has 0 aliphatic carbocycles. The minimum absolute atomic E-state index is 0.213. The number of hydrogen-bond acceptors (Lipinski definition) is 11. The van der Waals surface area contributed by atoms with Crippen molar-refractivity contribution in [3.8, 4) is 6.07 Å². The molecule has 1 saturated heterocycles. The zero-order valence-electron chi connectivity index (χ0n) is 14.3. The number of hydrogen-bond donors (Lipinski definition) is 4. The summed E-state index contributed by atoms with van der Waals surface area (Å²) in [7, 11) is -11.2. The second-order valence-electron chi connectivity index (χ2n) is 5.09. The standard InChI is InChI=1S/C7H11BN7O12P3/c8-6-1-4(25-7(3-9,12-14-10)13-15-11)5(24-6)2-23-29(19,20)27-30(21,22)26-28(16,17)18/h4-6H,1-2H2,(H,19,20)(H,21,22)(H2,16,17,18)/t4-,5?,6-/m1/s1. The molecule has 0 aromatic carbocycles. The average Bonchev–Trinajstić information content (AvgIpc) is 2.89. The Morgan fingerprint density at radius 1 is 1.17 bits per heavy atom. The van der Waals surface area contributed by atoms with Crippen molar-refractivity contribution in [3.05, 3.63) is 20.9 Å². The molecule has 0 amide bonds. The molecule has 19 nitrogen and oxygen atoms in total. The minimum Gasteiger partial charge on any atom is -0.380 e. The van der Waals surface area contributed by atoms with Crippen molar-refractivity contribution in [2.45, 2.75) is 30.5 Å². The van der Waals surface area contributed by atoms with Gasteiger partial charge in [-0.15, -0.1) is 0 Å². The normalized spacial score (nSPS) is 27.4. The molecule has 2 radical (unpaired) electrons. The van der Waals surface area contributed by atoms with Crippen LogP contribution in [0.2, 0.25) is 0 Å². The molecule has 0 aromatic rings. The molecule has 1 aliphatic rings. The number of phosphoric ester groups is 1. The van der Waals surface area contributed by atoms with Gasteiger partial charge in [0.15, 0.2) is 0 Å². The summed E-state index contributed by atoms with van der Waals surface area (Å²) < 4.78 is 55.3. The molecule has 4 N–H and O–H groups in total. The summed E-state index contributed by atoms with van der Waals surface area (Å²) in [4.78, 5) is 40.0. The molecule has 0 saturated carbocycles. The molecular weight excluding hydrogens is 478 g/mol. The van der Waals surface area contributed by atoms with Gasteiger partial charge in [0.25, 0.3) is 0 Å². The Morgan fingerprint density at radius 2 is 1.73 bits per heavy atom. The van der Waals surface area contributed by atoms with E-state index in [0.29, 0.717) is 0 Å². The summed E-state index contributed by atoms with van der Waals surface area (Å²) in [6.45, 7) is -0.962. The van der Waals surface area contributed by atoms with Crippen LogP contribution < -0.4 is 0 Å². The van der Waals surface area contributed by atoms with Gasteiger partial charge in [0, 0.05) is 15.8 Å². The first-order chi connectivity index (χ1) is 13.7. The lowest BCUT2D eigenvalue weighted by atomic mass is 9.96. The molecule has 1 heterocycles. The lowest BCUT2D eigenvalue weighted by Gasteiger charge is -2.25. The van der Waals surface area contributed by atoms with Crippen LogP contribution >= 0.6 is 23.5 Å². The summed E-state index contributed by atoms with van der Waals surface area (Å²) in [5.41, 5.74) is 17.0. The third-order valence-corrected chi connectivity index (χ3v) is 6.67. The van der Waals surface area contributed by atoms with Crippen LogP contribution in [0.15, 0.2) is 10.2 Å². The van der Waals surface area contributed by atoms with E-state index < -0.39 is 54.1 Å². The van der Waals surface area contributed by atoms with E-state index in [1.165, 1.54) is 6.07 Å². The molecule has 164 valence electrons. The minimum atomic E-state index is -5.73. The fourth-order valence-corrected chi connectivity index (χ4v) is 4.99. The van der Waals surface area contributed by atoms with Crippen LogP contribution in [0, 0.1) is 11.3 Å². The number of ether oxygens (including phenoxy) is 2. The largest absolute Gasteiger partial charge is 0.490 e. The summed E-state index contributed by atoms with van der Waals surface area (Å²) in [5.74, 6) is -2.70. The highest BCUT2D eigenvalue weighted by atomic mass is 31.3. The topological polar surface area (TPSA) is 300 Å². The lowest BCUT2D eigenvalue weighted by molar-refractivity contribution is -0.0916. The van der Waals surface area contributed by atoms with Gasteiger partial charge < -0.3 is 29.0 Å². The van der Waals surface area contributed by atoms with Gasteiger partial charge in [0.2, 0.25) is 0 Å². The molecule has 0 spiro atoms. The first kappa shape index (κ1) is 26.5. The van der Waals surface area contributed by atoms with E-state index >= 15 is 0 Å². The van der Waals surface area contributed by atoms with E-state index in [4.69, 9.17) is 48.3 Å². The zero-order valence-corrected chi connectivity index (χ0v) is 16.9. The predicted octanol–water partition coefficient (Wildman–Crippen LogP) is 0.796. The third kappa shape index (κ3) is 8.70. The summed E-state index contributed by atoms with van der Waals surface area (Å²) in [6, 6.07) is 0.230. The van der Waals surface area contributed by atoms with Gasteiger partial charge in [-0.25, -0.2) is 13.7 Å². The number of phosphoric acid groups is 3. The van der Waals surface area contributed by atoms with Crippen molar-refractivity contribution in [1.82, 2.24) is 0 Å². The summed E-state index contributed by atoms with van der Waals surface area (Å²) in [5, 5.41) is 14.9. The zero-order chi connectivity index (χ0) is 23.2. The maximum Gasteiger partial charge on any atom is 0.490 e. The molecule has 1 rings (SSSR count). The molecule has 3 unspecified atom stereocenters. The SMILES string of the molecule is [B][C@H]1C[C@@H](OC(C#N)(N=[N+]=[N-])N=[N+]=[N-])C(COP(=O)(O)OP(=O)(O)OP(=O)(O)O)O1. The van der Waals surface area contributed by atoms with Crippen LogP contribution in [0.1, 0.15) is 6.42 Å². The second kappa shape index (κ2) is 10.2. The second-order valence-corrected chi connectivity index (χ2v) is 9.51. The van der Waals surface area contributed by atoms with Crippen LogP contribution in [0.5, 0.6) is 0 Å². The van der Waals surface area contributed by atoms with Crippen molar-refractivity contribution < 1.29 is 55.9 Å². The Morgan fingerprint density at radius 3 is 2.20 bits per heavy atom. The van der Waals surface area contributed by atoms with E-state index in [2.05, 4.69) is 33.2 Å². The summed E-state index contributed by atoms with van der Waals surface area (Å²) in [6.07, 6.45) is -2.92. The molecule has 0 aromatic heterocycles. The Labute approximate surface area is 167 Å². The molecule has 30 heavy (non-hydrogen) atoms. The molecule has 5 atom stereocenters. The van der Waals surface area contributed by atoms with Gasteiger partial charge >= 0.3 is 29.3 Å². The van der Waals surface area contributed by atoms with E-state index in [9.17, 15) is 18.6 Å². The maximum atomic E-state index is 11.7. The maximum absolute atomic E-state index is 11.7. The van der Waals surface area contributed by atoms with E-state index in [-0.39, 0.29) is 6.42 Å².